The number of anilines is 1. The highest BCUT2D eigenvalue weighted by atomic mass is 32.1. The second kappa shape index (κ2) is 8.04. The first-order valence-electron chi connectivity index (χ1n) is 8.45. The lowest BCUT2D eigenvalue weighted by atomic mass is 10.1. The summed E-state index contributed by atoms with van der Waals surface area (Å²) in [4.78, 5) is 27.3. The van der Waals surface area contributed by atoms with Gasteiger partial charge in [0.05, 0.1) is 11.3 Å². The predicted octanol–water partition coefficient (Wildman–Crippen LogP) is 3.79. The number of nitrogens with zero attached hydrogens (tertiary/aromatic N) is 5. The van der Waals surface area contributed by atoms with Crippen LogP contribution in [0.4, 0.5) is 10.8 Å². The molecule has 9 nitrogen and oxygen atoms in total. The molecule has 27 heavy (non-hydrogen) atoms. The fourth-order valence-corrected chi connectivity index (χ4v) is 3.69. The number of nitro groups is 1. The third kappa shape index (κ3) is 4.00. The van der Waals surface area contributed by atoms with E-state index in [0.717, 1.165) is 17.8 Å². The summed E-state index contributed by atoms with van der Waals surface area (Å²) < 4.78 is 1.52. The second-order valence-electron chi connectivity index (χ2n) is 5.84. The lowest BCUT2D eigenvalue weighted by Crippen LogP contribution is -2.12. The summed E-state index contributed by atoms with van der Waals surface area (Å²) in [6, 6.07) is 4.29. The maximum atomic E-state index is 12.5. The van der Waals surface area contributed by atoms with Gasteiger partial charge >= 0.3 is 0 Å². The van der Waals surface area contributed by atoms with E-state index in [0.29, 0.717) is 16.7 Å². The monoisotopic (exact) mass is 386 g/mol. The number of hydrogen-bond donors (Lipinski definition) is 1. The summed E-state index contributed by atoms with van der Waals surface area (Å²) in [6.07, 6.45) is 6.48. The molecule has 2 aromatic heterocycles. The number of nitrogens with one attached hydrogen (secondary N) is 1. The standard InChI is InChI=1S/C17H18N6O3S/c1-3-11(4-2)16-20-21-17(27-16)19-15(24)12-5-6-13(14(9-12)23(25)26)22-8-7-18-10-22/h5-11H,3-4H2,1-2H3,(H,19,21,24). The third-order valence-electron chi connectivity index (χ3n) is 4.21. The van der Waals surface area contributed by atoms with E-state index in [4.69, 9.17) is 0 Å². The molecule has 10 heteroatoms. The first kappa shape index (κ1) is 18.6. The molecule has 0 radical (unpaired) electrons. The van der Waals surface area contributed by atoms with Crippen molar-refractivity contribution in [2.24, 2.45) is 0 Å². The van der Waals surface area contributed by atoms with Gasteiger partial charge in [-0.1, -0.05) is 25.2 Å². The van der Waals surface area contributed by atoms with Gasteiger partial charge in [-0.25, -0.2) is 4.98 Å². The van der Waals surface area contributed by atoms with Crippen LogP contribution in [0, 0.1) is 10.1 Å². The van der Waals surface area contributed by atoms with Crippen LogP contribution in [0.25, 0.3) is 5.69 Å². The van der Waals surface area contributed by atoms with E-state index >= 15 is 0 Å². The molecule has 0 saturated carbocycles. The number of aromatic nitrogens is 4. The molecule has 0 aliphatic heterocycles. The Bertz CT molecular complexity index is 949. The van der Waals surface area contributed by atoms with Crippen LogP contribution in [0.1, 0.15) is 48.0 Å². The summed E-state index contributed by atoms with van der Waals surface area (Å²) in [5.41, 5.74) is 0.321. The van der Waals surface area contributed by atoms with E-state index in [-0.39, 0.29) is 11.3 Å². The van der Waals surface area contributed by atoms with Crippen molar-refractivity contribution in [2.45, 2.75) is 32.6 Å². The number of carbonyl (C=O) groups is 1. The minimum Gasteiger partial charge on any atom is -0.300 e. The normalized spacial score (nSPS) is 10.9. The zero-order chi connectivity index (χ0) is 19.4. The largest absolute Gasteiger partial charge is 0.300 e. The highest BCUT2D eigenvalue weighted by molar-refractivity contribution is 7.15. The van der Waals surface area contributed by atoms with Gasteiger partial charge in [-0.2, -0.15) is 0 Å². The van der Waals surface area contributed by atoms with E-state index in [1.165, 1.54) is 46.6 Å². The molecule has 1 aromatic carbocycles. The zero-order valence-electron chi connectivity index (χ0n) is 14.8. The fourth-order valence-electron chi connectivity index (χ4n) is 2.69. The fraction of sp³-hybridized carbons (Fsp3) is 0.294. The topological polar surface area (TPSA) is 116 Å². The Hall–Kier alpha value is -3.14. The molecule has 0 saturated heterocycles. The summed E-state index contributed by atoms with van der Waals surface area (Å²) in [6.45, 7) is 4.16. The number of nitro benzene ring substituents is 1. The molecular weight excluding hydrogens is 368 g/mol. The molecule has 2 heterocycles. The lowest BCUT2D eigenvalue weighted by Gasteiger charge is -2.07. The Kier molecular flexibility index (Phi) is 5.55. The van der Waals surface area contributed by atoms with Gasteiger partial charge < -0.3 is 4.57 Å². The van der Waals surface area contributed by atoms with Gasteiger partial charge in [-0.15, -0.1) is 10.2 Å². The van der Waals surface area contributed by atoms with Crippen molar-refractivity contribution in [3.63, 3.8) is 0 Å². The molecule has 0 aliphatic carbocycles. The van der Waals surface area contributed by atoms with Gasteiger partial charge in [-0.05, 0) is 25.0 Å². The molecule has 0 spiro atoms. The van der Waals surface area contributed by atoms with E-state index in [1.807, 2.05) is 0 Å². The Balaban J connectivity index is 1.83. The molecule has 0 aliphatic rings. The number of benzene rings is 1. The SMILES string of the molecule is CCC(CC)c1nnc(NC(=O)c2ccc(-n3ccnc3)c([N+](=O)[O-])c2)s1. The lowest BCUT2D eigenvalue weighted by molar-refractivity contribution is -0.384. The molecule has 0 bridgehead atoms. The van der Waals surface area contributed by atoms with Gasteiger partial charge in [0, 0.05) is 29.9 Å². The Morgan fingerprint density at radius 2 is 2.11 bits per heavy atom. The molecule has 0 unspecified atom stereocenters. The van der Waals surface area contributed by atoms with Crippen molar-refractivity contribution >= 4 is 28.1 Å². The van der Waals surface area contributed by atoms with Crippen LogP contribution in [-0.4, -0.2) is 30.6 Å². The van der Waals surface area contributed by atoms with Crippen LogP contribution in [0.15, 0.2) is 36.9 Å². The Morgan fingerprint density at radius 1 is 1.33 bits per heavy atom. The van der Waals surface area contributed by atoms with Crippen molar-refractivity contribution < 1.29 is 9.72 Å². The maximum Gasteiger partial charge on any atom is 0.294 e. The number of amides is 1. The third-order valence-corrected chi connectivity index (χ3v) is 5.21. The molecule has 1 amide bonds. The average Bonchev–Trinajstić information content (AvgIpc) is 3.34. The van der Waals surface area contributed by atoms with E-state index in [1.54, 1.807) is 6.20 Å². The van der Waals surface area contributed by atoms with Crippen molar-refractivity contribution in [1.29, 1.82) is 0 Å². The molecule has 140 valence electrons. The number of carbonyl (C=O) groups excluding carboxylic acids is 1. The quantitative estimate of drug-likeness (QED) is 0.488. The summed E-state index contributed by atoms with van der Waals surface area (Å²) in [7, 11) is 0. The minimum absolute atomic E-state index is 0.171. The van der Waals surface area contributed by atoms with Crippen molar-refractivity contribution in [1.82, 2.24) is 19.7 Å². The van der Waals surface area contributed by atoms with Crippen molar-refractivity contribution in [3.8, 4) is 5.69 Å². The van der Waals surface area contributed by atoms with Gasteiger partial charge in [0.15, 0.2) is 0 Å². The highest BCUT2D eigenvalue weighted by Crippen LogP contribution is 2.29. The molecule has 1 N–H and O–H groups in total. The molecule has 0 atom stereocenters. The smallest absolute Gasteiger partial charge is 0.294 e. The second-order valence-corrected chi connectivity index (χ2v) is 6.85. The van der Waals surface area contributed by atoms with Crippen LogP contribution >= 0.6 is 11.3 Å². The molecule has 0 fully saturated rings. The summed E-state index contributed by atoms with van der Waals surface area (Å²) in [5, 5.41) is 23.5. The summed E-state index contributed by atoms with van der Waals surface area (Å²) >= 11 is 1.32. The zero-order valence-corrected chi connectivity index (χ0v) is 15.6. The highest BCUT2D eigenvalue weighted by Gasteiger charge is 2.20. The van der Waals surface area contributed by atoms with E-state index in [9.17, 15) is 14.9 Å². The maximum absolute atomic E-state index is 12.5. The van der Waals surface area contributed by atoms with Crippen LogP contribution in [0.2, 0.25) is 0 Å². The van der Waals surface area contributed by atoms with Gasteiger partial charge in [0.2, 0.25) is 5.13 Å². The number of hydrogen-bond acceptors (Lipinski definition) is 7. The van der Waals surface area contributed by atoms with Crippen LogP contribution in [0.3, 0.4) is 0 Å². The predicted molar refractivity (Wildman–Crippen MR) is 101 cm³/mol. The average molecular weight is 386 g/mol. The van der Waals surface area contributed by atoms with Crippen molar-refractivity contribution in [2.75, 3.05) is 5.32 Å². The number of imidazole rings is 1. The van der Waals surface area contributed by atoms with Crippen LogP contribution < -0.4 is 5.32 Å². The van der Waals surface area contributed by atoms with E-state index < -0.39 is 10.8 Å². The van der Waals surface area contributed by atoms with Crippen molar-refractivity contribution in [3.05, 3.63) is 57.6 Å². The van der Waals surface area contributed by atoms with E-state index in [2.05, 4.69) is 34.3 Å². The first-order chi connectivity index (χ1) is 13.0. The molecule has 3 rings (SSSR count). The Morgan fingerprint density at radius 3 is 2.74 bits per heavy atom. The molecule has 3 aromatic rings. The van der Waals surface area contributed by atoms with Gasteiger partial charge in [0.1, 0.15) is 10.7 Å². The Labute approximate surface area is 159 Å². The van der Waals surface area contributed by atoms with Crippen LogP contribution in [0.5, 0.6) is 0 Å². The van der Waals surface area contributed by atoms with Gasteiger partial charge in [-0.3, -0.25) is 20.2 Å². The number of rotatable bonds is 7. The first-order valence-corrected chi connectivity index (χ1v) is 9.26. The summed E-state index contributed by atoms with van der Waals surface area (Å²) in [5.74, 6) is -0.161. The molecular formula is C17H18N6O3S. The van der Waals surface area contributed by atoms with Gasteiger partial charge in [0.25, 0.3) is 11.6 Å². The van der Waals surface area contributed by atoms with Crippen LogP contribution in [-0.2, 0) is 0 Å². The minimum atomic E-state index is -0.526.